The second kappa shape index (κ2) is 41.1. The second-order valence-corrected chi connectivity index (χ2v) is 15.6. The zero-order valence-corrected chi connectivity index (χ0v) is 36.9. The predicted octanol–water partition coefficient (Wildman–Crippen LogP) is 12.4. The number of rotatable bonds is 38. The first-order chi connectivity index (χ1) is 27.7. The first kappa shape index (κ1) is 53.9. The zero-order chi connectivity index (χ0) is 41.9. The number of hydrogen-bond acceptors (Lipinski definition) is 8. The van der Waals surface area contributed by atoms with Crippen molar-refractivity contribution in [3.63, 3.8) is 0 Å². The van der Waals surface area contributed by atoms with Crippen LogP contribution in [0.5, 0.6) is 0 Å². The summed E-state index contributed by atoms with van der Waals surface area (Å²) in [4.78, 5) is 37.0. The molecular weight excluding hydrogens is 737 g/mol. The van der Waals surface area contributed by atoms with Crippen LogP contribution in [0.1, 0.15) is 142 Å². The SMILES string of the molecule is CC/C=C\C/C=C\C/C=C\C/C=C\C/C=C\CCCCCC(=O)OCC(COP(=O)(O)OCCN(C)C)OC(=O)CCCC/C=C\C/C=C\C/C=C\CCCCC. The molecule has 57 heavy (non-hydrogen) atoms. The Kier molecular flexibility index (Phi) is 38.9. The Bertz CT molecular complexity index is 1260. The lowest BCUT2D eigenvalue weighted by molar-refractivity contribution is -0.161. The monoisotopic (exact) mass is 816 g/mol. The van der Waals surface area contributed by atoms with Gasteiger partial charge in [0.05, 0.1) is 13.2 Å². The average Bonchev–Trinajstić information content (AvgIpc) is 3.18. The molecule has 0 spiro atoms. The largest absolute Gasteiger partial charge is 0.472 e. The Hall–Kier alpha value is -3.07. The minimum absolute atomic E-state index is 0.0113. The van der Waals surface area contributed by atoms with Crippen molar-refractivity contribution in [1.29, 1.82) is 0 Å². The molecule has 1 N–H and O–H groups in total. The van der Waals surface area contributed by atoms with Gasteiger partial charge in [0.2, 0.25) is 0 Å². The van der Waals surface area contributed by atoms with Gasteiger partial charge in [0.15, 0.2) is 6.10 Å². The topological polar surface area (TPSA) is 112 Å². The summed E-state index contributed by atoms with van der Waals surface area (Å²) in [6, 6.07) is 0. The summed E-state index contributed by atoms with van der Waals surface area (Å²) >= 11 is 0. The Morgan fingerprint density at radius 1 is 0.561 bits per heavy atom. The van der Waals surface area contributed by atoms with E-state index in [4.69, 9.17) is 18.5 Å². The van der Waals surface area contributed by atoms with Crippen LogP contribution in [-0.4, -0.2) is 68.3 Å². The van der Waals surface area contributed by atoms with E-state index in [0.717, 1.165) is 83.5 Å². The first-order valence-corrected chi connectivity index (χ1v) is 23.0. The summed E-state index contributed by atoms with van der Waals surface area (Å²) in [5.74, 6) is -0.897. The molecule has 0 fully saturated rings. The number of phosphoric ester groups is 1. The third-order valence-corrected chi connectivity index (χ3v) is 9.36. The van der Waals surface area contributed by atoms with E-state index in [-0.39, 0.29) is 26.1 Å². The standard InChI is InChI=1S/C47H78NO8P/c1-5-7-9-11-13-15-17-19-21-22-23-24-26-27-29-31-33-35-37-39-46(49)53-43-45(44-55-57(51,52)54-42-41-48(3)4)56-47(50)40-38-36-34-32-30-28-25-20-18-16-14-12-10-8-6-2/h7,9,13-16,19-21,23-25,27,29-30,32,45H,5-6,8,10-12,17-18,22,26,28,31,33-44H2,1-4H3,(H,51,52)/b9-7-,15-13-,16-14-,21-19-,24-23-,25-20-,29-27-,32-30-. The van der Waals surface area contributed by atoms with Crippen molar-refractivity contribution in [3.05, 3.63) is 97.2 Å². The summed E-state index contributed by atoms with van der Waals surface area (Å²) in [5, 5.41) is 0. The highest BCUT2D eigenvalue weighted by Gasteiger charge is 2.26. The van der Waals surface area contributed by atoms with Gasteiger partial charge < -0.3 is 19.3 Å². The molecular formula is C47H78NO8P. The van der Waals surface area contributed by atoms with E-state index < -0.39 is 32.5 Å². The van der Waals surface area contributed by atoms with Crippen LogP contribution < -0.4 is 0 Å². The van der Waals surface area contributed by atoms with Gasteiger partial charge in [-0.3, -0.25) is 18.6 Å². The number of unbranched alkanes of at least 4 members (excludes halogenated alkanes) is 8. The van der Waals surface area contributed by atoms with Crippen molar-refractivity contribution in [2.75, 3.05) is 40.5 Å². The van der Waals surface area contributed by atoms with E-state index in [9.17, 15) is 19.0 Å². The molecule has 0 saturated carbocycles. The summed E-state index contributed by atoms with van der Waals surface area (Å²) < 4.78 is 33.4. The van der Waals surface area contributed by atoms with Gasteiger partial charge in [-0.2, -0.15) is 0 Å². The maximum atomic E-state index is 12.6. The average molecular weight is 816 g/mol. The van der Waals surface area contributed by atoms with Crippen LogP contribution in [0.25, 0.3) is 0 Å². The summed E-state index contributed by atoms with van der Waals surface area (Å²) in [6.07, 6.45) is 51.7. The number of ether oxygens (including phenoxy) is 2. The maximum Gasteiger partial charge on any atom is 0.472 e. The lowest BCUT2D eigenvalue weighted by atomic mass is 10.1. The molecule has 0 radical (unpaired) electrons. The first-order valence-electron chi connectivity index (χ1n) is 21.5. The number of allylic oxidation sites excluding steroid dienone is 16. The molecule has 10 heteroatoms. The zero-order valence-electron chi connectivity index (χ0n) is 36.0. The molecule has 0 aliphatic carbocycles. The summed E-state index contributed by atoms with van der Waals surface area (Å²) in [5.41, 5.74) is 0. The van der Waals surface area contributed by atoms with Crippen LogP contribution in [-0.2, 0) is 32.7 Å². The number of phosphoric acid groups is 1. The van der Waals surface area contributed by atoms with E-state index in [1.807, 2.05) is 14.1 Å². The minimum Gasteiger partial charge on any atom is -0.462 e. The van der Waals surface area contributed by atoms with Crippen molar-refractivity contribution < 1.29 is 37.6 Å². The van der Waals surface area contributed by atoms with Gasteiger partial charge in [-0.05, 0) is 110 Å². The molecule has 0 aliphatic rings. The number of likely N-dealkylation sites (N-methyl/N-ethyl adjacent to an activating group) is 1. The quantitative estimate of drug-likeness (QED) is 0.0282. The fourth-order valence-corrected chi connectivity index (χ4v) is 5.81. The molecule has 2 atom stereocenters. The van der Waals surface area contributed by atoms with Gasteiger partial charge in [0.1, 0.15) is 6.61 Å². The molecule has 0 aromatic heterocycles. The number of carbonyl (C=O) groups is 2. The van der Waals surface area contributed by atoms with Gasteiger partial charge in [-0.1, -0.05) is 130 Å². The lowest BCUT2D eigenvalue weighted by Gasteiger charge is -2.20. The number of nitrogens with zero attached hydrogens (tertiary/aromatic N) is 1. The highest BCUT2D eigenvalue weighted by Crippen LogP contribution is 2.43. The van der Waals surface area contributed by atoms with E-state index in [2.05, 4.69) is 111 Å². The van der Waals surface area contributed by atoms with E-state index in [1.165, 1.54) is 19.3 Å². The van der Waals surface area contributed by atoms with E-state index in [1.54, 1.807) is 4.90 Å². The Balaban J connectivity index is 4.45. The van der Waals surface area contributed by atoms with Gasteiger partial charge in [0.25, 0.3) is 0 Å². The van der Waals surface area contributed by atoms with Crippen LogP contribution in [0.4, 0.5) is 0 Å². The Morgan fingerprint density at radius 3 is 1.49 bits per heavy atom. The van der Waals surface area contributed by atoms with Crippen LogP contribution in [0.2, 0.25) is 0 Å². The molecule has 324 valence electrons. The molecule has 0 aliphatic heterocycles. The molecule has 0 rings (SSSR count). The van der Waals surface area contributed by atoms with Crippen LogP contribution >= 0.6 is 7.82 Å². The van der Waals surface area contributed by atoms with Crippen molar-refractivity contribution in [2.24, 2.45) is 0 Å². The third-order valence-electron chi connectivity index (χ3n) is 8.37. The van der Waals surface area contributed by atoms with Crippen LogP contribution in [0, 0.1) is 0 Å². The lowest BCUT2D eigenvalue weighted by Crippen LogP contribution is -2.29. The molecule has 0 saturated heterocycles. The van der Waals surface area contributed by atoms with E-state index >= 15 is 0 Å². The van der Waals surface area contributed by atoms with Crippen LogP contribution in [0.15, 0.2) is 97.2 Å². The second-order valence-electron chi connectivity index (χ2n) is 14.1. The van der Waals surface area contributed by atoms with Crippen molar-refractivity contribution in [3.8, 4) is 0 Å². The normalized spacial score (nSPS) is 14.4. The Labute approximate surface area is 347 Å². The highest BCUT2D eigenvalue weighted by atomic mass is 31.2. The molecule has 2 unspecified atom stereocenters. The minimum atomic E-state index is -4.39. The predicted molar refractivity (Wildman–Crippen MR) is 238 cm³/mol. The van der Waals surface area contributed by atoms with Crippen molar-refractivity contribution >= 4 is 19.8 Å². The maximum absolute atomic E-state index is 12.6. The van der Waals surface area contributed by atoms with E-state index in [0.29, 0.717) is 19.4 Å². The summed E-state index contributed by atoms with van der Waals surface area (Å²) in [6.45, 7) is 4.06. The van der Waals surface area contributed by atoms with Gasteiger partial charge in [0, 0.05) is 19.4 Å². The molecule has 0 amide bonds. The fraction of sp³-hybridized carbons (Fsp3) is 0.617. The Morgan fingerprint density at radius 2 is 1.00 bits per heavy atom. The smallest absolute Gasteiger partial charge is 0.462 e. The van der Waals surface area contributed by atoms with Gasteiger partial charge in [-0.15, -0.1) is 0 Å². The van der Waals surface area contributed by atoms with Gasteiger partial charge in [-0.25, -0.2) is 4.57 Å². The molecule has 0 aromatic carbocycles. The number of esters is 2. The van der Waals surface area contributed by atoms with Crippen molar-refractivity contribution in [1.82, 2.24) is 4.90 Å². The molecule has 9 nitrogen and oxygen atoms in total. The highest BCUT2D eigenvalue weighted by molar-refractivity contribution is 7.47. The van der Waals surface area contributed by atoms with Crippen molar-refractivity contribution in [2.45, 2.75) is 148 Å². The van der Waals surface area contributed by atoms with Crippen LogP contribution in [0.3, 0.4) is 0 Å². The third kappa shape index (κ3) is 42.4. The van der Waals surface area contributed by atoms with Gasteiger partial charge >= 0.3 is 19.8 Å². The fourth-order valence-electron chi connectivity index (χ4n) is 5.07. The molecule has 0 aromatic rings. The molecule has 0 bridgehead atoms. The number of hydrogen-bond donors (Lipinski definition) is 1. The molecule has 0 heterocycles. The summed E-state index contributed by atoms with van der Waals surface area (Å²) in [7, 11) is -0.762. The number of carbonyl (C=O) groups excluding carboxylic acids is 2.